The molecule has 0 saturated heterocycles. The van der Waals surface area contributed by atoms with Crippen molar-refractivity contribution in [3.63, 3.8) is 0 Å². The van der Waals surface area contributed by atoms with Crippen LogP contribution in [0.2, 0.25) is 0 Å². The van der Waals surface area contributed by atoms with Crippen molar-refractivity contribution in [2.24, 2.45) is 0 Å². The summed E-state index contributed by atoms with van der Waals surface area (Å²) in [5.74, 6) is 0. The van der Waals surface area contributed by atoms with Crippen LogP contribution in [0.3, 0.4) is 0 Å². The largest absolute Gasteiger partial charge is 0.425 e. The average Bonchev–Trinajstić information content (AvgIpc) is 2.39. The summed E-state index contributed by atoms with van der Waals surface area (Å²) in [6.07, 6.45) is 0. The first-order valence-corrected chi connectivity index (χ1v) is 7.61. The Morgan fingerprint density at radius 2 is 1.24 bits per heavy atom. The zero-order valence-electron chi connectivity index (χ0n) is 8.95. The van der Waals surface area contributed by atoms with Crippen molar-refractivity contribution in [3.8, 4) is 0 Å². The molecule has 0 aliphatic heterocycles. The van der Waals surface area contributed by atoms with Crippen LogP contribution in [-0.2, 0) is 17.2 Å². The van der Waals surface area contributed by atoms with Crippen LogP contribution in [0.1, 0.15) is 0 Å². The highest BCUT2D eigenvalue weighted by Gasteiger charge is 2.24. The van der Waals surface area contributed by atoms with Gasteiger partial charge in [0.1, 0.15) is 0 Å². The van der Waals surface area contributed by atoms with Gasteiger partial charge in [0.2, 0.25) is 0 Å². The highest BCUT2D eigenvalue weighted by Crippen LogP contribution is 2.44. The molecule has 0 bridgehead atoms. The zero-order valence-corrected chi connectivity index (χ0v) is 11.5. The Hall–Kier alpha value is -1.02. The minimum Gasteiger partial charge on any atom is -0.425 e. The van der Waals surface area contributed by atoms with Crippen molar-refractivity contribution in [2.45, 2.75) is 0 Å². The standard InChI is InChI=1S/C13H11OPS2/c14-15(13(16)17,11-7-3-1-4-8-11)12-9-5-2-6-10-12/h1-10H,(H,16,17)/p-1. The van der Waals surface area contributed by atoms with Gasteiger partial charge in [-0.25, -0.2) is 0 Å². The van der Waals surface area contributed by atoms with E-state index in [0.29, 0.717) is 10.6 Å². The lowest BCUT2D eigenvalue weighted by atomic mass is 10.4. The molecule has 0 saturated carbocycles. The molecule has 2 aromatic rings. The van der Waals surface area contributed by atoms with E-state index in [1.807, 2.05) is 60.7 Å². The number of hydrogen-bond donors (Lipinski definition) is 0. The maximum atomic E-state index is 13.1. The molecule has 0 spiro atoms. The molecule has 17 heavy (non-hydrogen) atoms. The maximum Gasteiger partial charge on any atom is 0.152 e. The van der Waals surface area contributed by atoms with Crippen LogP contribution >= 0.6 is 19.4 Å². The monoisotopic (exact) mass is 277 g/mol. The molecule has 0 N–H and O–H groups in total. The first kappa shape index (κ1) is 12.4. The summed E-state index contributed by atoms with van der Waals surface area (Å²) in [6.45, 7) is 0. The van der Waals surface area contributed by atoms with Crippen LogP contribution in [-0.4, -0.2) is 3.94 Å². The molecule has 2 aromatic carbocycles. The van der Waals surface area contributed by atoms with Gasteiger partial charge < -0.3 is 29.4 Å². The predicted molar refractivity (Wildman–Crippen MR) is 79.7 cm³/mol. The third kappa shape index (κ3) is 2.32. The van der Waals surface area contributed by atoms with Gasteiger partial charge in [-0.05, 0) is 0 Å². The molecule has 0 aliphatic rings. The van der Waals surface area contributed by atoms with E-state index in [2.05, 4.69) is 0 Å². The molecule has 0 atom stereocenters. The smallest absolute Gasteiger partial charge is 0.152 e. The molecule has 0 aromatic heterocycles. The predicted octanol–water partition coefficient (Wildman–Crippen LogP) is 2.83. The van der Waals surface area contributed by atoms with Gasteiger partial charge in [0.05, 0.1) is 0 Å². The van der Waals surface area contributed by atoms with E-state index in [1.54, 1.807) is 0 Å². The lowest BCUT2D eigenvalue weighted by Crippen LogP contribution is -2.20. The quantitative estimate of drug-likeness (QED) is 0.488. The van der Waals surface area contributed by atoms with Crippen molar-refractivity contribution in [2.75, 3.05) is 0 Å². The van der Waals surface area contributed by atoms with E-state index in [1.165, 1.54) is 0 Å². The van der Waals surface area contributed by atoms with E-state index >= 15 is 0 Å². The fourth-order valence-electron chi connectivity index (χ4n) is 1.64. The SMILES string of the molecule is O=P(C(=S)[S-])(c1ccccc1)c1ccccc1. The van der Waals surface area contributed by atoms with Crippen LogP contribution in [0.15, 0.2) is 60.7 Å². The Morgan fingerprint density at radius 3 is 1.53 bits per heavy atom. The van der Waals surface area contributed by atoms with Crippen molar-refractivity contribution < 1.29 is 4.57 Å². The summed E-state index contributed by atoms with van der Waals surface area (Å²) < 4.78 is 13.2. The zero-order chi connectivity index (χ0) is 12.3. The van der Waals surface area contributed by atoms with Crippen LogP contribution in [0.25, 0.3) is 0 Å². The lowest BCUT2D eigenvalue weighted by molar-refractivity contribution is 0.594. The number of thiocarbonyl (C=S) groups is 1. The van der Waals surface area contributed by atoms with Crippen LogP contribution < -0.4 is 10.6 Å². The highest BCUT2D eigenvalue weighted by atomic mass is 32.1. The summed E-state index contributed by atoms with van der Waals surface area (Å²) in [6, 6.07) is 18.4. The number of benzene rings is 2. The summed E-state index contributed by atoms with van der Waals surface area (Å²) in [5, 5.41) is 1.40. The van der Waals surface area contributed by atoms with Gasteiger partial charge in [-0.1, -0.05) is 64.6 Å². The van der Waals surface area contributed by atoms with Gasteiger partial charge in [0, 0.05) is 10.6 Å². The second-order valence-electron chi connectivity index (χ2n) is 3.55. The van der Waals surface area contributed by atoms with Crippen molar-refractivity contribution in [1.29, 1.82) is 0 Å². The summed E-state index contributed by atoms with van der Waals surface area (Å²) in [4.78, 5) is 0. The van der Waals surface area contributed by atoms with Gasteiger partial charge in [-0.2, -0.15) is 0 Å². The van der Waals surface area contributed by atoms with Crippen molar-refractivity contribution in [3.05, 3.63) is 60.7 Å². The Kier molecular flexibility index (Phi) is 3.72. The van der Waals surface area contributed by atoms with Gasteiger partial charge in [0.15, 0.2) is 7.14 Å². The van der Waals surface area contributed by atoms with E-state index in [9.17, 15) is 4.57 Å². The van der Waals surface area contributed by atoms with Gasteiger partial charge >= 0.3 is 0 Å². The molecule has 2 rings (SSSR count). The van der Waals surface area contributed by atoms with Crippen LogP contribution in [0.5, 0.6) is 0 Å². The third-order valence-electron chi connectivity index (χ3n) is 2.50. The molecule has 0 amide bonds. The second-order valence-corrected chi connectivity index (χ2v) is 7.92. The first-order chi connectivity index (χ1) is 8.15. The Bertz CT molecular complexity index is 523. The van der Waals surface area contributed by atoms with Gasteiger partial charge in [-0.3, -0.25) is 0 Å². The molecule has 1 nitrogen and oxygen atoms in total. The normalized spacial score (nSPS) is 11.1. The molecule has 0 heterocycles. The topological polar surface area (TPSA) is 17.1 Å². The maximum absolute atomic E-state index is 13.1. The van der Waals surface area contributed by atoms with E-state index in [-0.39, 0.29) is 3.94 Å². The molecule has 0 radical (unpaired) electrons. The van der Waals surface area contributed by atoms with E-state index in [4.69, 9.17) is 24.8 Å². The van der Waals surface area contributed by atoms with E-state index in [0.717, 1.165) is 0 Å². The van der Waals surface area contributed by atoms with Gasteiger partial charge in [-0.15, -0.1) is 0 Å². The Labute approximate surface area is 112 Å². The van der Waals surface area contributed by atoms with Gasteiger partial charge in [0.25, 0.3) is 0 Å². The summed E-state index contributed by atoms with van der Waals surface area (Å²) in [5.41, 5.74) is 0. The third-order valence-corrected chi connectivity index (χ3v) is 6.60. The lowest BCUT2D eigenvalue weighted by Gasteiger charge is -2.22. The molecular weight excluding hydrogens is 267 g/mol. The first-order valence-electron chi connectivity index (χ1n) is 5.08. The van der Waals surface area contributed by atoms with E-state index < -0.39 is 7.14 Å². The molecule has 86 valence electrons. The highest BCUT2D eigenvalue weighted by molar-refractivity contribution is 8.25. The van der Waals surface area contributed by atoms with Crippen LogP contribution in [0.4, 0.5) is 0 Å². The Balaban J connectivity index is 2.64. The minimum atomic E-state index is -2.95. The summed E-state index contributed by atoms with van der Waals surface area (Å²) >= 11 is 10.1. The minimum absolute atomic E-state index is 0.134. The Morgan fingerprint density at radius 1 is 0.882 bits per heavy atom. The number of hydrogen-bond acceptors (Lipinski definition) is 3. The fraction of sp³-hybridized carbons (Fsp3) is 0. The molecule has 4 heteroatoms. The second kappa shape index (κ2) is 5.09. The molecule has 0 aliphatic carbocycles. The summed E-state index contributed by atoms with van der Waals surface area (Å²) in [7, 11) is -2.95. The molecule has 0 unspecified atom stereocenters. The van der Waals surface area contributed by atoms with Crippen molar-refractivity contribution in [1.82, 2.24) is 0 Å². The molecule has 0 fully saturated rings. The fourth-order valence-corrected chi connectivity index (χ4v) is 4.80. The molecular formula is C13H10OPS2-. The number of rotatable bonds is 3. The van der Waals surface area contributed by atoms with Crippen LogP contribution in [0, 0.1) is 0 Å². The average molecular weight is 277 g/mol. The van der Waals surface area contributed by atoms with Crippen molar-refractivity contribution >= 4 is 46.5 Å².